The number of thiazole rings is 1. The second-order valence-electron chi connectivity index (χ2n) is 11.3. The highest BCUT2D eigenvalue weighted by Gasteiger charge is 2.46. The Morgan fingerprint density at radius 1 is 1.10 bits per heavy atom. The Kier molecular flexibility index (Phi) is 7.83. The van der Waals surface area contributed by atoms with Crippen LogP contribution >= 0.6 is 11.3 Å². The summed E-state index contributed by atoms with van der Waals surface area (Å²) in [5.41, 5.74) is 2.62. The molecule has 1 aliphatic rings. The van der Waals surface area contributed by atoms with Crippen LogP contribution in [-0.4, -0.2) is 63.3 Å². The van der Waals surface area contributed by atoms with Crippen LogP contribution in [0.4, 0.5) is 4.79 Å². The van der Waals surface area contributed by atoms with E-state index in [4.69, 9.17) is 14.8 Å². The van der Waals surface area contributed by atoms with E-state index in [0.29, 0.717) is 17.9 Å². The molecule has 10 heteroatoms. The minimum atomic E-state index is -0.535. The first kappa shape index (κ1) is 28.0. The molecule has 0 bridgehead atoms. The first-order chi connectivity index (χ1) is 19.1. The highest BCUT2D eigenvalue weighted by molar-refractivity contribution is 7.23. The molecule has 1 fully saturated rings. The first-order valence-electron chi connectivity index (χ1n) is 14.0. The number of carbonyl (C=O) groups is 2. The van der Waals surface area contributed by atoms with Gasteiger partial charge in [0.25, 0.3) is 5.91 Å². The Morgan fingerprint density at radius 3 is 2.48 bits per heavy atom. The quantitative estimate of drug-likeness (QED) is 0.245. The van der Waals surface area contributed by atoms with Gasteiger partial charge in [0.15, 0.2) is 5.82 Å². The molecule has 2 N–H and O–H groups in total. The second kappa shape index (κ2) is 11.2. The molecular weight excluding hydrogens is 524 g/mol. The van der Waals surface area contributed by atoms with E-state index >= 15 is 0 Å². The third kappa shape index (κ3) is 6.13. The van der Waals surface area contributed by atoms with Crippen molar-refractivity contribution in [2.45, 2.75) is 65.0 Å². The van der Waals surface area contributed by atoms with Gasteiger partial charge in [-0.15, -0.1) is 5.10 Å². The van der Waals surface area contributed by atoms with Crippen LogP contribution in [0, 0.1) is 0 Å². The molecule has 0 unspecified atom stereocenters. The Bertz CT molecular complexity index is 1510. The van der Waals surface area contributed by atoms with Gasteiger partial charge in [-0.3, -0.25) is 4.79 Å². The third-order valence-corrected chi connectivity index (χ3v) is 8.24. The van der Waals surface area contributed by atoms with E-state index in [1.165, 1.54) is 11.3 Å². The van der Waals surface area contributed by atoms with Crippen LogP contribution in [0.1, 0.15) is 69.8 Å². The summed E-state index contributed by atoms with van der Waals surface area (Å²) < 4.78 is 8.25. The van der Waals surface area contributed by atoms with Gasteiger partial charge < -0.3 is 20.3 Å². The summed E-state index contributed by atoms with van der Waals surface area (Å²) in [5.74, 6) is 0.579. The fourth-order valence-corrected chi connectivity index (χ4v) is 5.85. The number of carbonyl (C=O) groups excluding carboxylic acids is 2. The molecule has 2 aromatic carbocycles. The van der Waals surface area contributed by atoms with Crippen molar-refractivity contribution in [2.75, 3.05) is 26.2 Å². The van der Waals surface area contributed by atoms with Crippen molar-refractivity contribution in [2.24, 2.45) is 0 Å². The summed E-state index contributed by atoms with van der Waals surface area (Å²) in [6.45, 7) is 13.6. The van der Waals surface area contributed by atoms with Crippen LogP contribution in [0.25, 0.3) is 26.6 Å². The number of alkyl carbamates (subject to hydrolysis) is 1. The maximum Gasteiger partial charge on any atom is 0.408 e. The van der Waals surface area contributed by atoms with Crippen LogP contribution in [0.5, 0.6) is 0 Å². The van der Waals surface area contributed by atoms with Gasteiger partial charge in [-0.05, 0) is 83.4 Å². The standard InChI is InChI=1S/C30H38N6O3S/c1-6-35(7-2)18-8-17-31-26(37)21-11-14-23-24(19-21)40-27-32-25(34-36(23)27)20-9-12-22(13-10-20)30(15-16-30)33-28(38)39-29(3,4)5/h9-14,19H,6-8,15-18H2,1-5H3,(H,31,37)(H,33,38). The number of hydrogen-bond donors (Lipinski definition) is 2. The molecular formula is C30H38N6O3S. The lowest BCUT2D eigenvalue weighted by Gasteiger charge is -2.23. The summed E-state index contributed by atoms with van der Waals surface area (Å²) in [6.07, 6.45) is 2.30. The predicted octanol–water partition coefficient (Wildman–Crippen LogP) is 5.59. The third-order valence-electron chi connectivity index (χ3n) is 7.25. The van der Waals surface area contributed by atoms with Crippen LogP contribution in [-0.2, 0) is 10.3 Å². The van der Waals surface area contributed by atoms with Gasteiger partial charge in [0.1, 0.15) is 5.60 Å². The Morgan fingerprint density at radius 2 is 1.82 bits per heavy atom. The van der Waals surface area contributed by atoms with Crippen molar-refractivity contribution in [3.05, 3.63) is 53.6 Å². The maximum absolute atomic E-state index is 12.7. The van der Waals surface area contributed by atoms with Gasteiger partial charge in [0, 0.05) is 17.7 Å². The number of ether oxygens (including phenoxy) is 1. The molecule has 0 saturated heterocycles. The van der Waals surface area contributed by atoms with Gasteiger partial charge in [-0.1, -0.05) is 49.4 Å². The van der Waals surface area contributed by atoms with Gasteiger partial charge >= 0.3 is 6.09 Å². The number of aromatic nitrogens is 3. The minimum Gasteiger partial charge on any atom is -0.444 e. The second-order valence-corrected chi connectivity index (χ2v) is 12.3. The molecule has 0 radical (unpaired) electrons. The average Bonchev–Trinajstić information content (AvgIpc) is 3.44. The molecule has 0 aliphatic heterocycles. The summed E-state index contributed by atoms with van der Waals surface area (Å²) in [7, 11) is 0. The van der Waals surface area contributed by atoms with Crippen LogP contribution in [0.15, 0.2) is 42.5 Å². The summed E-state index contributed by atoms with van der Waals surface area (Å²) >= 11 is 1.52. The molecule has 9 nitrogen and oxygen atoms in total. The largest absolute Gasteiger partial charge is 0.444 e. The van der Waals surface area contributed by atoms with Crippen molar-refractivity contribution in [3.8, 4) is 11.4 Å². The molecule has 5 rings (SSSR count). The van der Waals surface area contributed by atoms with Crippen LogP contribution < -0.4 is 10.6 Å². The number of nitrogens with one attached hydrogen (secondary N) is 2. The Labute approximate surface area is 238 Å². The normalized spacial score (nSPS) is 14.6. The Hall–Kier alpha value is -3.50. The zero-order valence-corrected chi connectivity index (χ0v) is 24.7. The van der Waals surface area contributed by atoms with Gasteiger partial charge in [-0.2, -0.15) is 4.98 Å². The number of benzene rings is 2. The van der Waals surface area contributed by atoms with Gasteiger partial charge in [0.05, 0.1) is 15.8 Å². The summed E-state index contributed by atoms with van der Waals surface area (Å²) in [4.78, 5) is 32.9. The zero-order chi connectivity index (χ0) is 28.5. The number of fused-ring (bicyclic) bond motifs is 3. The van der Waals surface area contributed by atoms with Crippen LogP contribution in [0.3, 0.4) is 0 Å². The van der Waals surface area contributed by atoms with Crippen LogP contribution in [0.2, 0.25) is 0 Å². The van der Waals surface area contributed by atoms with Crippen molar-refractivity contribution < 1.29 is 14.3 Å². The van der Waals surface area contributed by atoms with Crippen molar-refractivity contribution in [3.63, 3.8) is 0 Å². The fraction of sp³-hybridized carbons (Fsp3) is 0.467. The van der Waals surface area contributed by atoms with E-state index in [1.807, 2.05) is 67.8 Å². The molecule has 1 saturated carbocycles. The monoisotopic (exact) mass is 562 g/mol. The van der Waals surface area contributed by atoms with Crippen molar-refractivity contribution in [1.29, 1.82) is 0 Å². The Balaban J connectivity index is 1.25. The molecule has 212 valence electrons. The van der Waals surface area contributed by atoms with Crippen molar-refractivity contribution in [1.82, 2.24) is 30.1 Å². The fourth-order valence-electron chi connectivity index (χ4n) is 4.85. The lowest BCUT2D eigenvalue weighted by molar-refractivity contribution is 0.0495. The molecule has 0 spiro atoms. The van der Waals surface area contributed by atoms with E-state index in [2.05, 4.69) is 29.4 Å². The molecule has 0 atom stereocenters. The van der Waals surface area contributed by atoms with E-state index in [-0.39, 0.29) is 11.4 Å². The minimum absolute atomic E-state index is 0.0594. The summed E-state index contributed by atoms with van der Waals surface area (Å²) in [5, 5.41) is 10.8. The van der Waals surface area contributed by atoms with E-state index < -0.39 is 11.7 Å². The molecule has 4 aromatic rings. The zero-order valence-electron chi connectivity index (χ0n) is 23.9. The predicted molar refractivity (Wildman–Crippen MR) is 159 cm³/mol. The van der Waals surface area contributed by atoms with E-state index in [0.717, 1.165) is 65.2 Å². The lowest BCUT2D eigenvalue weighted by atomic mass is 10.0. The first-order valence-corrected chi connectivity index (χ1v) is 14.8. The van der Waals surface area contributed by atoms with Gasteiger partial charge in [-0.25, -0.2) is 9.31 Å². The summed E-state index contributed by atoms with van der Waals surface area (Å²) in [6, 6.07) is 13.7. The highest BCUT2D eigenvalue weighted by Crippen LogP contribution is 2.46. The van der Waals surface area contributed by atoms with Gasteiger partial charge in [0.2, 0.25) is 4.96 Å². The smallest absolute Gasteiger partial charge is 0.408 e. The topological polar surface area (TPSA) is 101 Å². The maximum atomic E-state index is 12.7. The van der Waals surface area contributed by atoms with Crippen molar-refractivity contribution >= 4 is 38.5 Å². The highest BCUT2D eigenvalue weighted by atomic mass is 32.1. The molecule has 2 aromatic heterocycles. The lowest BCUT2D eigenvalue weighted by Crippen LogP contribution is -2.39. The SMILES string of the molecule is CCN(CC)CCCNC(=O)c1ccc2c(c1)sc1nc(-c3ccc(C4(NC(=O)OC(C)(C)C)CC4)cc3)nn12. The van der Waals surface area contributed by atoms with E-state index in [9.17, 15) is 9.59 Å². The molecule has 40 heavy (non-hydrogen) atoms. The molecule has 2 heterocycles. The number of rotatable bonds is 10. The number of amides is 2. The number of hydrogen-bond acceptors (Lipinski definition) is 7. The average molecular weight is 563 g/mol. The van der Waals surface area contributed by atoms with E-state index in [1.54, 1.807) is 0 Å². The molecule has 2 amide bonds. The molecule has 1 aliphatic carbocycles. The number of nitrogens with zero attached hydrogens (tertiary/aromatic N) is 4.